The number of ether oxygens (including phenoxy) is 1. The summed E-state index contributed by atoms with van der Waals surface area (Å²) in [5.74, 6) is 0.128. The third-order valence-corrected chi connectivity index (χ3v) is 2.59. The maximum absolute atomic E-state index is 12.4. The van der Waals surface area contributed by atoms with Crippen molar-refractivity contribution in [3.63, 3.8) is 0 Å². The number of halogens is 2. The van der Waals surface area contributed by atoms with E-state index in [1.807, 2.05) is 0 Å². The first-order valence-corrected chi connectivity index (χ1v) is 6.20. The maximum Gasteiger partial charge on any atom is 0.251 e. The molecular weight excluding hydrogens is 268 g/mol. The zero-order valence-electron chi connectivity index (χ0n) is 11.3. The Morgan fingerprint density at radius 3 is 2.75 bits per heavy atom. The van der Waals surface area contributed by atoms with Gasteiger partial charge in [0.15, 0.2) is 0 Å². The fourth-order valence-corrected chi connectivity index (χ4v) is 1.75. The number of alkyl halides is 2. The number of para-hydroxylation sites is 2. The molecule has 0 saturated heterocycles. The van der Waals surface area contributed by atoms with Gasteiger partial charge in [-0.25, -0.2) is 8.78 Å². The average molecular weight is 287 g/mol. The first-order valence-electron chi connectivity index (χ1n) is 6.20. The standard InChI is InChI=1S/C13H19F2N3O2/c1-20-11-5-3-2-4-10(11)17-13(19)9-18(7-6-16)8-12(14)15/h2-5,12H,6-9,16H2,1H3,(H,17,19). The number of nitrogens with zero attached hydrogens (tertiary/aromatic N) is 1. The Bertz CT molecular complexity index is 430. The van der Waals surface area contributed by atoms with Gasteiger partial charge < -0.3 is 15.8 Å². The first kappa shape index (κ1) is 16.3. The van der Waals surface area contributed by atoms with E-state index in [1.54, 1.807) is 24.3 Å². The van der Waals surface area contributed by atoms with Crippen LogP contribution >= 0.6 is 0 Å². The van der Waals surface area contributed by atoms with Gasteiger partial charge in [-0.15, -0.1) is 0 Å². The predicted molar refractivity (Wildman–Crippen MR) is 73.1 cm³/mol. The van der Waals surface area contributed by atoms with Crippen LogP contribution in [0.25, 0.3) is 0 Å². The molecule has 0 atom stereocenters. The molecule has 0 aliphatic carbocycles. The van der Waals surface area contributed by atoms with Crippen molar-refractivity contribution >= 4 is 11.6 Å². The molecule has 0 radical (unpaired) electrons. The second-order valence-electron chi connectivity index (χ2n) is 4.16. The van der Waals surface area contributed by atoms with Crippen molar-refractivity contribution in [3.05, 3.63) is 24.3 Å². The van der Waals surface area contributed by atoms with E-state index < -0.39 is 13.0 Å². The van der Waals surface area contributed by atoms with E-state index in [0.29, 0.717) is 11.4 Å². The minimum absolute atomic E-state index is 0.139. The third kappa shape index (κ3) is 5.50. The molecule has 5 nitrogen and oxygen atoms in total. The summed E-state index contributed by atoms with van der Waals surface area (Å²) in [7, 11) is 1.49. The van der Waals surface area contributed by atoms with Crippen LogP contribution in [0, 0.1) is 0 Å². The molecule has 1 amide bonds. The van der Waals surface area contributed by atoms with Crippen LogP contribution in [0.1, 0.15) is 0 Å². The molecule has 0 spiro atoms. The molecule has 7 heteroatoms. The van der Waals surface area contributed by atoms with E-state index in [2.05, 4.69) is 5.32 Å². The first-order chi connectivity index (χ1) is 9.56. The van der Waals surface area contributed by atoms with Crippen molar-refractivity contribution in [2.75, 3.05) is 38.6 Å². The second kappa shape index (κ2) is 8.44. The van der Waals surface area contributed by atoms with E-state index in [9.17, 15) is 13.6 Å². The summed E-state index contributed by atoms with van der Waals surface area (Å²) in [5, 5.41) is 2.63. The molecule has 1 aromatic rings. The van der Waals surface area contributed by atoms with Crippen LogP contribution in [-0.2, 0) is 4.79 Å². The van der Waals surface area contributed by atoms with E-state index in [1.165, 1.54) is 12.0 Å². The summed E-state index contributed by atoms with van der Waals surface area (Å²) in [5.41, 5.74) is 5.85. The van der Waals surface area contributed by atoms with Crippen LogP contribution in [0.3, 0.4) is 0 Å². The van der Waals surface area contributed by atoms with Crippen LogP contribution in [0.4, 0.5) is 14.5 Å². The molecule has 0 fully saturated rings. The number of carbonyl (C=O) groups excluding carboxylic acids is 1. The molecule has 20 heavy (non-hydrogen) atoms. The topological polar surface area (TPSA) is 67.6 Å². The molecule has 0 aliphatic heterocycles. The number of methoxy groups -OCH3 is 1. The number of anilines is 1. The number of rotatable bonds is 8. The number of hydrogen-bond acceptors (Lipinski definition) is 4. The van der Waals surface area contributed by atoms with Gasteiger partial charge in [0.2, 0.25) is 5.91 Å². The summed E-state index contributed by atoms with van der Waals surface area (Å²) in [4.78, 5) is 13.2. The van der Waals surface area contributed by atoms with Crippen LogP contribution < -0.4 is 15.8 Å². The van der Waals surface area contributed by atoms with E-state index in [-0.39, 0.29) is 25.5 Å². The number of amides is 1. The van der Waals surface area contributed by atoms with Gasteiger partial charge >= 0.3 is 0 Å². The Hall–Kier alpha value is -1.73. The number of nitrogens with one attached hydrogen (secondary N) is 1. The molecule has 1 aromatic carbocycles. The van der Waals surface area contributed by atoms with Crippen LogP contribution in [-0.4, -0.2) is 50.5 Å². The van der Waals surface area contributed by atoms with Gasteiger partial charge in [0.05, 0.1) is 25.9 Å². The van der Waals surface area contributed by atoms with Gasteiger partial charge in [-0.1, -0.05) is 12.1 Å². The highest BCUT2D eigenvalue weighted by molar-refractivity contribution is 5.93. The zero-order chi connectivity index (χ0) is 15.0. The van der Waals surface area contributed by atoms with Gasteiger partial charge in [-0.05, 0) is 12.1 Å². The molecule has 112 valence electrons. The number of benzene rings is 1. The van der Waals surface area contributed by atoms with Gasteiger partial charge in [-0.2, -0.15) is 0 Å². The van der Waals surface area contributed by atoms with Crippen molar-refractivity contribution < 1.29 is 18.3 Å². The highest BCUT2D eigenvalue weighted by atomic mass is 19.3. The van der Waals surface area contributed by atoms with Gasteiger partial charge in [0.25, 0.3) is 6.43 Å². The highest BCUT2D eigenvalue weighted by Crippen LogP contribution is 2.22. The number of carbonyl (C=O) groups is 1. The molecule has 0 saturated carbocycles. The molecule has 0 aromatic heterocycles. The Kier molecular flexibility index (Phi) is 6.89. The molecule has 0 heterocycles. The molecule has 3 N–H and O–H groups in total. The lowest BCUT2D eigenvalue weighted by Gasteiger charge is -2.20. The van der Waals surface area contributed by atoms with Gasteiger partial charge in [-0.3, -0.25) is 9.69 Å². The summed E-state index contributed by atoms with van der Waals surface area (Å²) >= 11 is 0. The largest absolute Gasteiger partial charge is 0.495 e. The molecule has 0 aliphatic rings. The van der Waals surface area contributed by atoms with E-state index in [4.69, 9.17) is 10.5 Å². The fourth-order valence-electron chi connectivity index (χ4n) is 1.75. The zero-order valence-corrected chi connectivity index (χ0v) is 11.3. The summed E-state index contributed by atoms with van der Waals surface area (Å²) in [6.45, 7) is -0.158. The molecular formula is C13H19F2N3O2. The quantitative estimate of drug-likeness (QED) is 0.753. The van der Waals surface area contributed by atoms with Crippen molar-refractivity contribution in [2.45, 2.75) is 6.43 Å². The minimum Gasteiger partial charge on any atom is -0.495 e. The van der Waals surface area contributed by atoms with E-state index >= 15 is 0 Å². The molecule has 0 unspecified atom stereocenters. The summed E-state index contributed by atoms with van der Waals surface area (Å²) < 4.78 is 29.8. The Morgan fingerprint density at radius 1 is 1.45 bits per heavy atom. The summed E-state index contributed by atoms with van der Waals surface area (Å²) in [6, 6.07) is 6.89. The van der Waals surface area contributed by atoms with Crippen molar-refractivity contribution in [3.8, 4) is 5.75 Å². The molecule has 1 rings (SSSR count). The smallest absolute Gasteiger partial charge is 0.251 e. The number of hydrogen-bond donors (Lipinski definition) is 2. The molecule has 0 bridgehead atoms. The van der Waals surface area contributed by atoms with Crippen LogP contribution in [0.2, 0.25) is 0 Å². The monoisotopic (exact) mass is 287 g/mol. The normalized spacial score (nSPS) is 10.9. The second-order valence-corrected chi connectivity index (χ2v) is 4.16. The average Bonchev–Trinajstić information content (AvgIpc) is 2.38. The minimum atomic E-state index is -2.50. The highest BCUT2D eigenvalue weighted by Gasteiger charge is 2.15. The number of nitrogens with two attached hydrogens (primary N) is 1. The fraction of sp³-hybridized carbons (Fsp3) is 0.462. The van der Waals surface area contributed by atoms with Crippen molar-refractivity contribution in [2.24, 2.45) is 5.73 Å². The Labute approximate surface area is 116 Å². The van der Waals surface area contributed by atoms with Gasteiger partial charge in [0.1, 0.15) is 5.75 Å². The predicted octanol–water partition coefficient (Wildman–Crippen LogP) is 1.16. The third-order valence-electron chi connectivity index (χ3n) is 2.59. The van der Waals surface area contributed by atoms with Gasteiger partial charge in [0, 0.05) is 13.1 Å². The Balaban J connectivity index is 2.60. The lowest BCUT2D eigenvalue weighted by atomic mass is 10.3. The van der Waals surface area contributed by atoms with Crippen molar-refractivity contribution in [1.29, 1.82) is 0 Å². The Morgan fingerprint density at radius 2 is 2.15 bits per heavy atom. The maximum atomic E-state index is 12.4. The lowest BCUT2D eigenvalue weighted by molar-refractivity contribution is -0.117. The SMILES string of the molecule is COc1ccccc1NC(=O)CN(CCN)CC(F)F. The van der Waals surface area contributed by atoms with Crippen LogP contribution in [0.15, 0.2) is 24.3 Å². The van der Waals surface area contributed by atoms with E-state index in [0.717, 1.165) is 0 Å². The van der Waals surface area contributed by atoms with Crippen molar-refractivity contribution in [1.82, 2.24) is 4.90 Å². The van der Waals surface area contributed by atoms with Crippen LogP contribution in [0.5, 0.6) is 5.75 Å². The summed E-state index contributed by atoms with van der Waals surface area (Å²) in [6.07, 6.45) is -2.50. The lowest BCUT2D eigenvalue weighted by Crippen LogP contribution is -2.39.